The average Bonchev–Trinajstić information content (AvgIpc) is 3.58. The number of hydrogen-bond acceptors (Lipinski definition) is 5. The molecule has 0 aliphatic heterocycles. The Hall–Kier alpha value is -3.09. The molecule has 1 fully saturated rings. The van der Waals surface area contributed by atoms with Crippen molar-refractivity contribution in [1.29, 1.82) is 0 Å². The van der Waals surface area contributed by atoms with Crippen LogP contribution in [0, 0.1) is 0 Å². The van der Waals surface area contributed by atoms with Crippen LogP contribution >= 0.6 is 0 Å². The van der Waals surface area contributed by atoms with Crippen LogP contribution in [0.15, 0.2) is 42.6 Å². The number of rotatable bonds is 11. The van der Waals surface area contributed by atoms with Crippen LogP contribution in [0.3, 0.4) is 0 Å². The molecule has 2 aromatic rings. The van der Waals surface area contributed by atoms with Crippen molar-refractivity contribution in [3.8, 4) is 5.75 Å². The summed E-state index contributed by atoms with van der Waals surface area (Å²) in [6.45, 7) is 6.49. The Morgan fingerprint density at radius 3 is 2.43 bits per heavy atom. The quantitative estimate of drug-likeness (QED) is 0.595. The molecule has 2 amide bonds. The van der Waals surface area contributed by atoms with E-state index in [0.717, 1.165) is 37.3 Å². The van der Waals surface area contributed by atoms with Gasteiger partial charge in [0.25, 0.3) is 11.8 Å². The van der Waals surface area contributed by atoms with Crippen LogP contribution in [0.2, 0.25) is 0 Å². The molecule has 1 saturated carbocycles. The third kappa shape index (κ3) is 6.47. The molecule has 7 heteroatoms. The Kier molecular flexibility index (Phi) is 7.65. The second-order valence-electron chi connectivity index (χ2n) is 7.36. The first-order chi connectivity index (χ1) is 14.6. The van der Waals surface area contributed by atoms with Crippen molar-refractivity contribution in [1.82, 2.24) is 15.6 Å². The molecule has 0 unspecified atom stereocenters. The maximum atomic E-state index is 12.3. The van der Waals surface area contributed by atoms with E-state index in [1.54, 1.807) is 6.20 Å². The van der Waals surface area contributed by atoms with E-state index in [1.807, 2.05) is 36.4 Å². The first-order valence-corrected chi connectivity index (χ1v) is 10.6. The van der Waals surface area contributed by atoms with Gasteiger partial charge in [0.2, 0.25) is 0 Å². The molecule has 0 spiro atoms. The van der Waals surface area contributed by atoms with Gasteiger partial charge in [-0.15, -0.1) is 0 Å². The summed E-state index contributed by atoms with van der Waals surface area (Å²) in [4.78, 5) is 30.5. The van der Waals surface area contributed by atoms with Crippen LogP contribution in [0.25, 0.3) is 0 Å². The topological polar surface area (TPSA) is 83.6 Å². The number of carbonyl (C=O) groups excluding carboxylic acids is 2. The lowest BCUT2D eigenvalue weighted by Gasteiger charge is -2.19. The zero-order valence-corrected chi connectivity index (χ0v) is 17.7. The largest absolute Gasteiger partial charge is 0.484 e. The minimum atomic E-state index is -0.129. The van der Waals surface area contributed by atoms with Gasteiger partial charge in [-0.2, -0.15) is 0 Å². The van der Waals surface area contributed by atoms with Crippen LogP contribution in [0.4, 0.5) is 5.82 Å². The number of nitrogens with zero attached hydrogens (tertiary/aromatic N) is 2. The lowest BCUT2D eigenvalue weighted by Crippen LogP contribution is -2.30. The van der Waals surface area contributed by atoms with Crippen LogP contribution in [0.1, 0.15) is 42.6 Å². The highest BCUT2D eigenvalue weighted by atomic mass is 16.5. The summed E-state index contributed by atoms with van der Waals surface area (Å²) in [5.41, 5.74) is 1.64. The molecule has 7 nitrogen and oxygen atoms in total. The van der Waals surface area contributed by atoms with Crippen molar-refractivity contribution in [3.63, 3.8) is 0 Å². The normalized spacial score (nSPS) is 12.9. The van der Waals surface area contributed by atoms with Crippen molar-refractivity contribution in [2.75, 3.05) is 31.1 Å². The zero-order valence-electron chi connectivity index (χ0n) is 17.7. The van der Waals surface area contributed by atoms with Crippen LogP contribution < -0.4 is 20.3 Å². The molecule has 1 aliphatic carbocycles. The Morgan fingerprint density at radius 1 is 1.10 bits per heavy atom. The van der Waals surface area contributed by atoms with E-state index in [4.69, 9.17) is 4.74 Å². The molecule has 1 heterocycles. The number of carbonyl (C=O) groups is 2. The SMILES string of the molecule is CCN(CC)c1ccc(C(=O)NCCc2ccc(OCC(=O)NC3CC3)cc2)cn1. The third-order valence-corrected chi connectivity index (χ3v) is 5.03. The minimum Gasteiger partial charge on any atom is -0.484 e. The number of anilines is 1. The van der Waals surface area contributed by atoms with E-state index in [9.17, 15) is 9.59 Å². The van der Waals surface area contributed by atoms with Gasteiger partial charge in [-0.3, -0.25) is 9.59 Å². The highest BCUT2D eigenvalue weighted by molar-refractivity contribution is 5.94. The van der Waals surface area contributed by atoms with Crippen LogP contribution in [-0.4, -0.2) is 49.1 Å². The zero-order chi connectivity index (χ0) is 21.3. The van der Waals surface area contributed by atoms with Crippen molar-refractivity contribution in [3.05, 3.63) is 53.7 Å². The summed E-state index contributed by atoms with van der Waals surface area (Å²) in [7, 11) is 0. The van der Waals surface area contributed by atoms with Gasteiger partial charge in [-0.25, -0.2) is 4.98 Å². The van der Waals surface area contributed by atoms with Crippen LogP contribution in [0.5, 0.6) is 5.75 Å². The second kappa shape index (κ2) is 10.6. The molecule has 2 N–H and O–H groups in total. The summed E-state index contributed by atoms with van der Waals surface area (Å²) >= 11 is 0. The predicted octanol–water partition coefficient (Wildman–Crippen LogP) is 2.56. The molecule has 1 aromatic carbocycles. The number of hydrogen-bond donors (Lipinski definition) is 2. The number of nitrogens with one attached hydrogen (secondary N) is 2. The molecule has 3 rings (SSSR count). The number of pyridine rings is 1. The molecule has 160 valence electrons. The monoisotopic (exact) mass is 410 g/mol. The number of amides is 2. The Labute approximate surface area is 177 Å². The van der Waals surface area contributed by atoms with Gasteiger partial charge in [-0.05, 0) is 62.9 Å². The predicted molar refractivity (Wildman–Crippen MR) is 117 cm³/mol. The van der Waals surface area contributed by atoms with Crippen molar-refractivity contribution < 1.29 is 14.3 Å². The van der Waals surface area contributed by atoms with Crippen molar-refractivity contribution in [2.45, 2.75) is 39.2 Å². The fraction of sp³-hybridized carbons (Fsp3) is 0.435. The van der Waals surface area contributed by atoms with E-state index in [0.29, 0.717) is 30.3 Å². The molecule has 30 heavy (non-hydrogen) atoms. The van der Waals surface area contributed by atoms with Gasteiger partial charge in [0, 0.05) is 31.9 Å². The van der Waals surface area contributed by atoms with E-state index < -0.39 is 0 Å². The fourth-order valence-electron chi connectivity index (χ4n) is 3.08. The summed E-state index contributed by atoms with van der Waals surface area (Å²) in [5.74, 6) is 1.33. The average molecular weight is 411 g/mol. The molecule has 0 atom stereocenters. The van der Waals surface area contributed by atoms with Gasteiger partial charge in [0.15, 0.2) is 6.61 Å². The molecule has 1 aromatic heterocycles. The number of aromatic nitrogens is 1. The minimum absolute atomic E-state index is 0.0347. The second-order valence-corrected chi connectivity index (χ2v) is 7.36. The molecular weight excluding hydrogens is 380 g/mol. The highest BCUT2D eigenvalue weighted by Crippen LogP contribution is 2.18. The van der Waals surface area contributed by atoms with Gasteiger partial charge in [0.05, 0.1) is 5.56 Å². The Balaban J connectivity index is 1.39. The summed E-state index contributed by atoms with van der Waals surface area (Å²) < 4.78 is 5.50. The Bertz CT molecular complexity index is 829. The summed E-state index contributed by atoms with van der Waals surface area (Å²) in [6, 6.07) is 11.6. The molecule has 1 aliphatic rings. The lowest BCUT2D eigenvalue weighted by atomic mass is 10.1. The highest BCUT2D eigenvalue weighted by Gasteiger charge is 2.23. The summed E-state index contributed by atoms with van der Waals surface area (Å²) in [5, 5.41) is 5.82. The summed E-state index contributed by atoms with van der Waals surface area (Å²) in [6.07, 6.45) is 4.46. The third-order valence-electron chi connectivity index (χ3n) is 5.03. The molecule has 0 radical (unpaired) electrons. The molecule has 0 saturated heterocycles. The standard InChI is InChI=1S/C23H30N4O3/c1-3-27(4-2)21-12-7-18(15-25-21)23(29)24-14-13-17-5-10-20(11-6-17)30-16-22(28)26-19-8-9-19/h5-7,10-12,15,19H,3-4,8-9,13-14,16H2,1-2H3,(H,24,29)(H,26,28). The number of benzene rings is 1. The van der Waals surface area contributed by atoms with Gasteiger partial charge < -0.3 is 20.3 Å². The van der Waals surface area contributed by atoms with E-state index in [2.05, 4.69) is 34.4 Å². The van der Waals surface area contributed by atoms with Crippen molar-refractivity contribution >= 4 is 17.6 Å². The molecule has 0 bridgehead atoms. The Morgan fingerprint density at radius 2 is 1.83 bits per heavy atom. The first kappa shape index (κ1) is 21.6. The number of ether oxygens (including phenoxy) is 1. The van der Waals surface area contributed by atoms with E-state index in [-0.39, 0.29) is 18.4 Å². The van der Waals surface area contributed by atoms with Gasteiger partial charge in [0.1, 0.15) is 11.6 Å². The lowest BCUT2D eigenvalue weighted by molar-refractivity contribution is -0.123. The van der Waals surface area contributed by atoms with Crippen molar-refractivity contribution in [2.24, 2.45) is 0 Å². The van der Waals surface area contributed by atoms with E-state index in [1.165, 1.54) is 0 Å². The van der Waals surface area contributed by atoms with Crippen LogP contribution in [-0.2, 0) is 11.2 Å². The van der Waals surface area contributed by atoms with Gasteiger partial charge in [-0.1, -0.05) is 12.1 Å². The first-order valence-electron chi connectivity index (χ1n) is 10.6. The maximum Gasteiger partial charge on any atom is 0.258 e. The maximum absolute atomic E-state index is 12.3. The van der Waals surface area contributed by atoms with E-state index >= 15 is 0 Å². The smallest absolute Gasteiger partial charge is 0.258 e. The fourth-order valence-corrected chi connectivity index (χ4v) is 3.08. The molecular formula is C23H30N4O3. The van der Waals surface area contributed by atoms with Gasteiger partial charge >= 0.3 is 0 Å².